The first kappa shape index (κ1) is 12.8. The minimum atomic E-state index is 0.170. The fraction of sp³-hybridized carbons (Fsp3) is 0.500. The van der Waals surface area contributed by atoms with Crippen molar-refractivity contribution in [2.45, 2.75) is 46.0 Å². The van der Waals surface area contributed by atoms with Crippen LogP contribution in [0, 0.1) is 0 Å². The van der Waals surface area contributed by atoms with E-state index in [0.717, 1.165) is 24.0 Å². The monoisotopic (exact) mass is 220 g/mol. The molecule has 0 aliphatic carbocycles. The van der Waals surface area contributed by atoms with E-state index in [1.807, 2.05) is 19.9 Å². The van der Waals surface area contributed by atoms with Gasteiger partial charge in [0.1, 0.15) is 5.75 Å². The van der Waals surface area contributed by atoms with E-state index in [4.69, 9.17) is 0 Å². The third kappa shape index (κ3) is 3.09. The highest BCUT2D eigenvalue weighted by Gasteiger charge is 2.11. The maximum absolute atomic E-state index is 11.8. The Morgan fingerprint density at radius 2 is 2.06 bits per heavy atom. The lowest BCUT2D eigenvalue weighted by atomic mass is 9.97. The molecule has 0 aliphatic rings. The third-order valence-electron chi connectivity index (χ3n) is 2.73. The minimum absolute atomic E-state index is 0.170. The van der Waals surface area contributed by atoms with Crippen LogP contribution in [0.4, 0.5) is 0 Å². The largest absolute Gasteiger partial charge is 0.508 e. The quantitative estimate of drug-likeness (QED) is 0.764. The Morgan fingerprint density at radius 1 is 1.38 bits per heavy atom. The van der Waals surface area contributed by atoms with Crippen LogP contribution in [-0.2, 0) is 0 Å². The first-order valence-corrected chi connectivity index (χ1v) is 5.92. The number of phenolic OH excluding ortho intramolecular Hbond substituents is 1. The number of aromatic hydroxyl groups is 1. The molecule has 0 fully saturated rings. The van der Waals surface area contributed by atoms with Crippen LogP contribution in [0.5, 0.6) is 5.75 Å². The summed E-state index contributed by atoms with van der Waals surface area (Å²) in [4.78, 5) is 11.8. The van der Waals surface area contributed by atoms with Gasteiger partial charge in [-0.1, -0.05) is 27.2 Å². The molecule has 0 amide bonds. The molecule has 0 radical (unpaired) electrons. The molecule has 2 heteroatoms. The van der Waals surface area contributed by atoms with Crippen molar-refractivity contribution in [3.63, 3.8) is 0 Å². The number of phenols is 1. The summed E-state index contributed by atoms with van der Waals surface area (Å²) in [5.74, 6) is 0.685. The molecule has 0 aliphatic heterocycles. The second-order valence-electron chi connectivity index (χ2n) is 4.46. The predicted octanol–water partition coefficient (Wildman–Crippen LogP) is 3.89. The number of hydrogen-bond acceptors (Lipinski definition) is 2. The predicted molar refractivity (Wildman–Crippen MR) is 66.1 cm³/mol. The van der Waals surface area contributed by atoms with Gasteiger partial charge in [0.25, 0.3) is 0 Å². The Hall–Kier alpha value is -1.31. The molecule has 0 spiro atoms. The van der Waals surface area contributed by atoms with Crippen molar-refractivity contribution in [1.82, 2.24) is 0 Å². The van der Waals surface area contributed by atoms with E-state index in [9.17, 15) is 9.90 Å². The molecule has 0 unspecified atom stereocenters. The molecule has 0 saturated heterocycles. The van der Waals surface area contributed by atoms with E-state index in [2.05, 4.69) is 6.92 Å². The Balaban J connectivity index is 2.90. The van der Waals surface area contributed by atoms with Gasteiger partial charge in [0.05, 0.1) is 0 Å². The second kappa shape index (κ2) is 5.69. The van der Waals surface area contributed by atoms with Crippen LogP contribution >= 0.6 is 0 Å². The van der Waals surface area contributed by atoms with Crippen molar-refractivity contribution in [3.05, 3.63) is 29.3 Å². The van der Waals surface area contributed by atoms with Gasteiger partial charge >= 0.3 is 0 Å². The maximum Gasteiger partial charge on any atom is 0.162 e. The average molecular weight is 220 g/mol. The van der Waals surface area contributed by atoms with Gasteiger partial charge in [-0.15, -0.1) is 0 Å². The Kier molecular flexibility index (Phi) is 4.53. The standard InChI is InChI=1S/C14H20O2/c1-4-5-6-13(15)11-7-8-14(16)12(9-11)10(2)3/h7-10,16H,4-6H2,1-3H3. The van der Waals surface area contributed by atoms with Gasteiger partial charge in [-0.25, -0.2) is 0 Å². The van der Waals surface area contributed by atoms with E-state index in [-0.39, 0.29) is 17.5 Å². The zero-order valence-corrected chi connectivity index (χ0v) is 10.3. The fourth-order valence-electron chi connectivity index (χ4n) is 1.67. The number of unbranched alkanes of at least 4 members (excludes halogenated alkanes) is 1. The van der Waals surface area contributed by atoms with Crippen molar-refractivity contribution in [2.24, 2.45) is 0 Å². The van der Waals surface area contributed by atoms with Crippen LogP contribution < -0.4 is 0 Å². The molecule has 1 aromatic carbocycles. The molecule has 1 N–H and O–H groups in total. The lowest BCUT2D eigenvalue weighted by molar-refractivity contribution is 0.0979. The number of benzene rings is 1. The molecule has 1 rings (SSSR count). The van der Waals surface area contributed by atoms with Crippen LogP contribution in [0.1, 0.15) is 61.9 Å². The first-order chi connectivity index (χ1) is 7.56. The summed E-state index contributed by atoms with van der Waals surface area (Å²) in [7, 11) is 0. The average Bonchev–Trinajstić information content (AvgIpc) is 2.26. The van der Waals surface area contributed by atoms with Crippen LogP contribution in [0.25, 0.3) is 0 Å². The van der Waals surface area contributed by atoms with E-state index < -0.39 is 0 Å². The Morgan fingerprint density at radius 3 is 2.62 bits per heavy atom. The summed E-state index contributed by atoms with van der Waals surface area (Å²) in [6, 6.07) is 5.14. The van der Waals surface area contributed by atoms with Gasteiger partial charge in [-0.05, 0) is 36.1 Å². The van der Waals surface area contributed by atoms with Crippen molar-refractivity contribution in [1.29, 1.82) is 0 Å². The van der Waals surface area contributed by atoms with Gasteiger partial charge in [0, 0.05) is 12.0 Å². The van der Waals surface area contributed by atoms with Gasteiger partial charge in [-0.2, -0.15) is 0 Å². The van der Waals surface area contributed by atoms with Crippen LogP contribution in [-0.4, -0.2) is 10.9 Å². The number of rotatable bonds is 5. The minimum Gasteiger partial charge on any atom is -0.508 e. The normalized spacial score (nSPS) is 10.8. The number of Topliss-reactive ketones (excluding diaryl/α,β-unsaturated/α-hetero) is 1. The maximum atomic E-state index is 11.8. The smallest absolute Gasteiger partial charge is 0.162 e. The van der Waals surface area contributed by atoms with Crippen LogP contribution in [0.15, 0.2) is 18.2 Å². The molecule has 2 nitrogen and oxygen atoms in total. The van der Waals surface area contributed by atoms with Gasteiger partial charge in [-0.3, -0.25) is 4.79 Å². The highest BCUT2D eigenvalue weighted by Crippen LogP contribution is 2.26. The Labute approximate surface area is 97.3 Å². The van der Waals surface area contributed by atoms with E-state index in [1.54, 1.807) is 12.1 Å². The zero-order valence-electron chi connectivity index (χ0n) is 10.3. The van der Waals surface area contributed by atoms with E-state index in [1.165, 1.54) is 0 Å². The summed E-state index contributed by atoms with van der Waals surface area (Å²) >= 11 is 0. The lowest BCUT2D eigenvalue weighted by Crippen LogP contribution is -2.00. The van der Waals surface area contributed by atoms with Crippen molar-refractivity contribution in [3.8, 4) is 5.75 Å². The van der Waals surface area contributed by atoms with Gasteiger partial charge in [0.2, 0.25) is 0 Å². The SMILES string of the molecule is CCCCC(=O)c1ccc(O)c(C(C)C)c1. The molecule has 0 bridgehead atoms. The zero-order chi connectivity index (χ0) is 12.1. The summed E-state index contributed by atoms with van der Waals surface area (Å²) in [6.07, 6.45) is 2.55. The summed E-state index contributed by atoms with van der Waals surface area (Å²) in [5.41, 5.74) is 1.57. The van der Waals surface area contributed by atoms with Crippen molar-refractivity contribution < 1.29 is 9.90 Å². The topological polar surface area (TPSA) is 37.3 Å². The molecule has 16 heavy (non-hydrogen) atoms. The summed E-state index contributed by atoms with van der Waals surface area (Å²) in [6.45, 7) is 6.09. The summed E-state index contributed by atoms with van der Waals surface area (Å²) in [5, 5.41) is 9.65. The molecule has 0 aromatic heterocycles. The van der Waals surface area contributed by atoms with Gasteiger partial charge < -0.3 is 5.11 Å². The van der Waals surface area contributed by atoms with E-state index >= 15 is 0 Å². The lowest BCUT2D eigenvalue weighted by Gasteiger charge is -2.10. The van der Waals surface area contributed by atoms with Crippen LogP contribution in [0.3, 0.4) is 0 Å². The molecule has 1 aromatic rings. The number of hydrogen-bond donors (Lipinski definition) is 1. The fourth-order valence-corrected chi connectivity index (χ4v) is 1.67. The molecule has 0 atom stereocenters. The molecule has 0 saturated carbocycles. The van der Waals surface area contributed by atoms with Crippen molar-refractivity contribution in [2.75, 3.05) is 0 Å². The molecule has 0 heterocycles. The first-order valence-electron chi connectivity index (χ1n) is 5.92. The Bertz CT molecular complexity index is 367. The summed E-state index contributed by atoms with van der Waals surface area (Å²) < 4.78 is 0. The number of carbonyl (C=O) groups excluding carboxylic acids is 1. The highest BCUT2D eigenvalue weighted by atomic mass is 16.3. The second-order valence-corrected chi connectivity index (χ2v) is 4.46. The van der Waals surface area contributed by atoms with Gasteiger partial charge in [0.15, 0.2) is 5.78 Å². The number of ketones is 1. The number of carbonyl (C=O) groups is 1. The van der Waals surface area contributed by atoms with E-state index in [0.29, 0.717) is 6.42 Å². The molecular weight excluding hydrogens is 200 g/mol. The van der Waals surface area contributed by atoms with Crippen molar-refractivity contribution >= 4 is 5.78 Å². The molecule has 88 valence electrons. The highest BCUT2D eigenvalue weighted by molar-refractivity contribution is 5.96. The molecular formula is C14H20O2. The third-order valence-corrected chi connectivity index (χ3v) is 2.73. The van der Waals surface area contributed by atoms with Crippen LogP contribution in [0.2, 0.25) is 0 Å².